The van der Waals surface area contributed by atoms with E-state index < -0.39 is 0 Å². The van der Waals surface area contributed by atoms with Gasteiger partial charge in [-0.15, -0.1) is 0 Å². The number of benzene rings is 3. The second-order valence-corrected chi connectivity index (χ2v) is 14.9. The smallest absolute Gasteiger partial charge is 0.137 e. The van der Waals surface area contributed by atoms with Crippen LogP contribution in [-0.4, -0.2) is 19.3 Å². The van der Waals surface area contributed by atoms with E-state index in [0.717, 1.165) is 52.6 Å². The van der Waals surface area contributed by atoms with Gasteiger partial charge in [0.1, 0.15) is 17.3 Å². The predicted octanol–water partition coefficient (Wildman–Crippen LogP) is 11.8. The molecular formula is C44H50N4O. The number of para-hydroxylation sites is 1. The van der Waals surface area contributed by atoms with Crippen molar-refractivity contribution in [2.24, 2.45) is 11.8 Å². The van der Waals surface area contributed by atoms with Gasteiger partial charge in [-0.2, -0.15) is 5.10 Å². The van der Waals surface area contributed by atoms with E-state index in [-0.39, 0.29) is 0 Å². The Labute approximate surface area is 291 Å². The second-order valence-electron chi connectivity index (χ2n) is 14.9. The minimum absolute atomic E-state index is 0.331. The van der Waals surface area contributed by atoms with Crippen LogP contribution in [-0.2, 0) is 12.8 Å². The first-order valence-corrected chi connectivity index (χ1v) is 18.2. The maximum Gasteiger partial charge on any atom is 0.137 e. The Kier molecular flexibility index (Phi) is 8.96. The van der Waals surface area contributed by atoms with Crippen LogP contribution in [0.5, 0.6) is 11.5 Å². The summed E-state index contributed by atoms with van der Waals surface area (Å²) in [4.78, 5) is 4.81. The predicted molar refractivity (Wildman–Crippen MR) is 204 cm³/mol. The van der Waals surface area contributed by atoms with Crippen molar-refractivity contribution in [3.8, 4) is 23.0 Å². The van der Waals surface area contributed by atoms with Crippen LogP contribution in [0.15, 0.2) is 90.6 Å². The second kappa shape index (κ2) is 13.3. The van der Waals surface area contributed by atoms with Crippen molar-refractivity contribution in [1.82, 2.24) is 19.3 Å². The van der Waals surface area contributed by atoms with Gasteiger partial charge in [0.05, 0.1) is 22.4 Å². The molecule has 0 saturated carbocycles. The fourth-order valence-electron chi connectivity index (χ4n) is 7.94. The van der Waals surface area contributed by atoms with Crippen LogP contribution in [0.25, 0.3) is 33.3 Å². The summed E-state index contributed by atoms with van der Waals surface area (Å²) in [6, 6.07) is 26.0. The van der Waals surface area contributed by atoms with Gasteiger partial charge in [-0.1, -0.05) is 71.4 Å². The van der Waals surface area contributed by atoms with E-state index in [9.17, 15) is 0 Å². The van der Waals surface area contributed by atoms with Crippen LogP contribution in [0.4, 0.5) is 0 Å². The highest BCUT2D eigenvalue weighted by Crippen LogP contribution is 2.43. The highest BCUT2D eigenvalue weighted by molar-refractivity contribution is 6.09. The van der Waals surface area contributed by atoms with Crippen molar-refractivity contribution >= 4 is 21.8 Å². The maximum atomic E-state index is 6.80. The van der Waals surface area contributed by atoms with Gasteiger partial charge >= 0.3 is 0 Å². The number of ether oxygens (including phenoxy) is 1. The van der Waals surface area contributed by atoms with E-state index >= 15 is 0 Å². The topological polar surface area (TPSA) is 44.9 Å². The number of pyridine rings is 1. The average molecular weight is 651 g/mol. The lowest BCUT2D eigenvalue weighted by molar-refractivity contribution is 0.444. The van der Waals surface area contributed by atoms with E-state index in [4.69, 9.17) is 14.8 Å². The van der Waals surface area contributed by atoms with E-state index in [1.807, 2.05) is 6.20 Å². The minimum Gasteiger partial charge on any atom is -0.457 e. The quantitative estimate of drug-likeness (QED) is 0.146. The fraction of sp³-hybridized carbons (Fsp3) is 0.364. The molecule has 0 spiro atoms. The van der Waals surface area contributed by atoms with Gasteiger partial charge < -0.3 is 4.74 Å². The van der Waals surface area contributed by atoms with Crippen molar-refractivity contribution in [3.63, 3.8) is 0 Å². The van der Waals surface area contributed by atoms with Crippen molar-refractivity contribution in [2.75, 3.05) is 0 Å². The van der Waals surface area contributed by atoms with Gasteiger partial charge in [-0.3, -0.25) is 4.57 Å². The molecule has 1 aliphatic rings. The molecule has 1 unspecified atom stereocenters. The van der Waals surface area contributed by atoms with Crippen molar-refractivity contribution in [3.05, 3.63) is 119 Å². The van der Waals surface area contributed by atoms with Crippen LogP contribution in [0.2, 0.25) is 0 Å². The number of hydrogen-bond acceptors (Lipinski definition) is 3. The first kappa shape index (κ1) is 32.9. The summed E-state index contributed by atoms with van der Waals surface area (Å²) in [6.07, 6.45) is 8.68. The molecule has 5 nitrogen and oxygen atoms in total. The van der Waals surface area contributed by atoms with E-state index in [2.05, 4.69) is 144 Å². The molecule has 2 atom stereocenters. The zero-order chi connectivity index (χ0) is 34.4. The normalized spacial score (nSPS) is 16.7. The first-order chi connectivity index (χ1) is 23.6. The summed E-state index contributed by atoms with van der Waals surface area (Å²) in [5.74, 6) is 4.38. The summed E-state index contributed by atoms with van der Waals surface area (Å²) in [5, 5.41) is 7.66. The third-order valence-corrected chi connectivity index (χ3v) is 10.4. The standard InChI is InChI=1S/C44H50N4O/c1-9-32-19-20-45-42(22-32)47-39-16-11-10-15-37(39)38-18-17-35(26-40(38)47)49-36-24-33(28(4)5)23-34(25-36)48-41(21-27(2)3)44(31(8)46-48)43-29(6)13-12-14-30(43)7/h10-11,13,15-20,22-28,30,43H,9,12,14,21H2,1-8H3/t30-,43?/m0/s1. The Balaban J connectivity index is 1.35. The lowest BCUT2D eigenvalue weighted by Gasteiger charge is -2.30. The molecule has 0 fully saturated rings. The molecule has 3 heterocycles. The van der Waals surface area contributed by atoms with Gasteiger partial charge in [-0.05, 0) is 111 Å². The summed E-state index contributed by atoms with van der Waals surface area (Å²) < 4.78 is 11.3. The van der Waals surface area contributed by atoms with Gasteiger partial charge in [0.2, 0.25) is 0 Å². The number of hydrogen-bond donors (Lipinski definition) is 0. The highest BCUT2D eigenvalue weighted by Gasteiger charge is 2.31. The van der Waals surface area contributed by atoms with Crippen LogP contribution < -0.4 is 4.74 Å². The SMILES string of the molecule is CCc1ccnc(-n2c3ccccc3c3ccc(Oc4cc(C(C)C)cc(-n5nc(C)c(C6C(C)=CCC[C@@H]6C)c5CC(C)C)c4)cc32)c1. The molecular weight excluding hydrogens is 601 g/mol. The third-order valence-electron chi connectivity index (χ3n) is 10.4. The fourth-order valence-corrected chi connectivity index (χ4v) is 7.94. The molecule has 0 amide bonds. The molecule has 3 aromatic carbocycles. The lowest BCUT2D eigenvalue weighted by atomic mass is 9.74. The van der Waals surface area contributed by atoms with Crippen LogP contribution >= 0.6 is 0 Å². The molecule has 0 radical (unpaired) electrons. The van der Waals surface area contributed by atoms with Crippen LogP contribution in [0, 0.1) is 18.8 Å². The van der Waals surface area contributed by atoms with E-state index in [1.165, 1.54) is 51.6 Å². The molecule has 252 valence electrons. The molecule has 0 N–H and O–H groups in total. The van der Waals surface area contributed by atoms with Gasteiger partial charge in [0.15, 0.2) is 0 Å². The highest BCUT2D eigenvalue weighted by atomic mass is 16.5. The Morgan fingerprint density at radius 1 is 0.878 bits per heavy atom. The number of fused-ring (bicyclic) bond motifs is 3. The van der Waals surface area contributed by atoms with Crippen LogP contribution in [0.1, 0.15) is 101 Å². The molecule has 3 aromatic heterocycles. The third kappa shape index (κ3) is 6.20. The first-order valence-electron chi connectivity index (χ1n) is 18.2. The Hall–Kier alpha value is -4.64. The lowest BCUT2D eigenvalue weighted by Crippen LogP contribution is -2.18. The monoisotopic (exact) mass is 650 g/mol. The summed E-state index contributed by atoms with van der Waals surface area (Å²) in [6.45, 7) is 18.2. The van der Waals surface area contributed by atoms with Crippen molar-refractivity contribution in [1.29, 1.82) is 0 Å². The number of nitrogens with zero attached hydrogens (tertiary/aromatic N) is 4. The molecule has 0 saturated heterocycles. The number of allylic oxidation sites excluding steroid dienone is 2. The Morgan fingerprint density at radius 3 is 2.43 bits per heavy atom. The van der Waals surface area contributed by atoms with Crippen LogP contribution in [0.3, 0.4) is 0 Å². The van der Waals surface area contributed by atoms with Crippen molar-refractivity contribution < 1.29 is 4.74 Å². The molecule has 7 rings (SSSR count). The van der Waals surface area contributed by atoms with Crippen molar-refractivity contribution in [2.45, 2.75) is 92.9 Å². The molecule has 0 bridgehead atoms. The largest absolute Gasteiger partial charge is 0.457 e. The Morgan fingerprint density at radius 2 is 1.67 bits per heavy atom. The van der Waals surface area contributed by atoms with Gasteiger partial charge in [-0.25, -0.2) is 9.67 Å². The Bertz CT molecular complexity index is 2180. The van der Waals surface area contributed by atoms with Gasteiger partial charge in [0.25, 0.3) is 0 Å². The summed E-state index contributed by atoms with van der Waals surface area (Å²) >= 11 is 0. The average Bonchev–Trinajstić information content (AvgIpc) is 3.58. The number of aromatic nitrogens is 4. The minimum atomic E-state index is 0.331. The number of aryl methyl sites for hydroxylation is 2. The maximum absolute atomic E-state index is 6.80. The zero-order valence-electron chi connectivity index (χ0n) is 30.4. The summed E-state index contributed by atoms with van der Waals surface area (Å²) in [5.41, 5.74) is 11.1. The zero-order valence-corrected chi connectivity index (χ0v) is 30.4. The van der Waals surface area contributed by atoms with E-state index in [1.54, 1.807) is 0 Å². The summed E-state index contributed by atoms with van der Waals surface area (Å²) in [7, 11) is 0. The van der Waals surface area contributed by atoms with E-state index in [0.29, 0.717) is 23.7 Å². The molecule has 0 aliphatic heterocycles. The molecule has 1 aliphatic carbocycles. The molecule has 6 aromatic rings. The van der Waals surface area contributed by atoms with Gasteiger partial charge in [0, 0.05) is 46.3 Å². The molecule has 5 heteroatoms. The number of rotatable bonds is 9. The molecule has 49 heavy (non-hydrogen) atoms.